The Morgan fingerprint density at radius 1 is 1.12 bits per heavy atom. The molecule has 26 heavy (non-hydrogen) atoms. The molecule has 3 aromatic heterocycles. The fraction of sp³-hybridized carbons (Fsp3) is 0.211. The van der Waals surface area contributed by atoms with Gasteiger partial charge in [-0.3, -0.25) is 4.68 Å². The van der Waals surface area contributed by atoms with Crippen molar-refractivity contribution in [3.63, 3.8) is 0 Å². The molecule has 0 radical (unpaired) electrons. The van der Waals surface area contributed by atoms with Crippen LogP contribution in [-0.2, 0) is 6.54 Å². The van der Waals surface area contributed by atoms with E-state index >= 15 is 0 Å². The molecular weight excluding hydrogens is 326 g/mol. The number of rotatable bonds is 6. The lowest BCUT2D eigenvalue weighted by atomic mass is 10.2. The molecule has 3 N–H and O–H groups in total. The van der Waals surface area contributed by atoms with Crippen LogP contribution in [0.25, 0.3) is 11.0 Å². The second-order valence-electron chi connectivity index (χ2n) is 6.40. The topological polar surface area (TPSA) is 83.5 Å². The minimum atomic E-state index is 0.306. The smallest absolute Gasteiger partial charge is 0.231 e. The molecule has 0 aliphatic carbocycles. The quantitative estimate of drug-likeness (QED) is 0.489. The molecule has 4 aromatic rings. The summed E-state index contributed by atoms with van der Waals surface area (Å²) in [6.07, 6.45) is 5.59. The van der Waals surface area contributed by atoms with Gasteiger partial charge in [-0.15, -0.1) is 0 Å². The van der Waals surface area contributed by atoms with E-state index in [1.807, 2.05) is 41.3 Å². The molecule has 4 rings (SSSR count). The zero-order chi connectivity index (χ0) is 17.9. The number of H-pyrrole nitrogens is 1. The normalized spacial score (nSPS) is 11.2. The maximum Gasteiger partial charge on any atom is 0.231 e. The highest BCUT2D eigenvalue weighted by molar-refractivity contribution is 5.88. The molecule has 0 aliphatic rings. The molecule has 7 heteroatoms. The van der Waals surface area contributed by atoms with Crippen LogP contribution in [0.5, 0.6) is 0 Å². The lowest BCUT2D eigenvalue weighted by molar-refractivity contribution is 0.532. The molecular formula is C19H21N7. The highest BCUT2D eigenvalue weighted by atomic mass is 15.3. The standard InChI is InChI=1S/C19H21N7/c1-13(2)26-12-15(11-22-26)23-19-24-17-16(8-9-20-17)18(25-19)21-10-14-6-4-3-5-7-14/h3-9,11-13H,10H2,1-2H3,(H3,20,21,23,24,25). The minimum absolute atomic E-state index is 0.306. The van der Waals surface area contributed by atoms with E-state index in [0.717, 1.165) is 22.5 Å². The molecule has 0 amide bonds. The first kappa shape index (κ1) is 16.1. The third-order valence-corrected chi connectivity index (χ3v) is 4.11. The summed E-state index contributed by atoms with van der Waals surface area (Å²) in [4.78, 5) is 12.3. The number of fused-ring (bicyclic) bond motifs is 1. The molecule has 3 heterocycles. The van der Waals surface area contributed by atoms with Crippen molar-refractivity contribution in [1.29, 1.82) is 0 Å². The van der Waals surface area contributed by atoms with Gasteiger partial charge in [-0.05, 0) is 25.5 Å². The Hall–Kier alpha value is -3.35. The van der Waals surface area contributed by atoms with Gasteiger partial charge in [0.1, 0.15) is 11.5 Å². The Balaban J connectivity index is 1.59. The van der Waals surface area contributed by atoms with Gasteiger partial charge in [0, 0.05) is 25.0 Å². The van der Waals surface area contributed by atoms with Gasteiger partial charge in [-0.1, -0.05) is 30.3 Å². The molecule has 0 unspecified atom stereocenters. The van der Waals surface area contributed by atoms with Crippen LogP contribution in [0.4, 0.5) is 17.5 Å². The summed E-state index contributed by atoms with van der Waals surface area (Å²) in [5.74, 6) is 1.32. The molecule has 0 atom stereocenters. The van der Waals surface area contributed by atoms with Crippen molar-refractivity contribution >= 4 is 28.5 Å². The Labute approximate surface area is 151 Å². The molecule has 0 saturated carbocycles. The second-order valence-corrected chi connectivity index (χ2v) is 6.40. The van der Waals surface area contributed by atoms with E-state index in [1.165, 1.54) is 5.56 Å². The van der Waals surface area contributed by atoms with Crippen molar-refractivity contribution < 1.29 is 0 Å². The first-order valence-electron chi connectivity index (χ1n) is 8.63. The van der Waals surface area contributed by atoms with Crippen LogP contribution in [0.15, 0.2) is 55.0 Å². The third kappa shape index (κ3) is 3.37. The monoisotopic (exact) mass is 347 g/mol. The number of aromatic amines is 1. The number of anilines is 3. The van der Waals surface area contributed by atoms with E-state index in [-0.39, 0.29) is 0 Å². The van der Waals surface area contributed by atoms with Crippen LogP contribution >= 0.6 is 0 Å². The number of benzene rings is 1. The van der Waals surface area contributed by atoms with Crippen LogP contribution in [0.1, 0.15) is 25.5 Å². The lowest BCUT2D eigenvalue weighted by Gasteiger charge is -2.09. The summed E-state index contributed by atoms with van der Waals surface area (Å²) < 4.78 is 1.89. The van der Waals surface area contributed by atoms with Gasteiger partial charge in [0.25, 0.3) is 0 Å². The van der Waals surface area contributed by atoms with Crippen molar-refractivity contribution in [2.75, 3.05) is 10.6 Å². The average molecular weight is 347 g/mol. The Morgan fingerprint density at radius 3 is 2.73 bits per heavy atom. The lowest BCUT2D eigenvalue weighted by Crippen LogP contribution is -2.05. The predicted molar refractivity (Wildman–Crippen MR) is 104 cm³/mol. The SMILES string of the molecule is CC(C)n1cc(Nc2nc(NCc3ccccc3)c3cc[nH]c3n2)cn1. The van der Waals surface area contributed by atoms with Gasteiger partial charge in [-0.2, -0.15) is 15.1 Å². The Morgan fingerprint density at radius 2 is 1.96 bits per heavy atom. The van der Waals surface area contributed by atoms with E-state index < -0.39 is 0 Å². The van der Waals surface area contributed by atoms with E-state index in [1.54, 1.807) is 6.20 Å². The van der Waals surface area contributed by atoms with Crippen LogP contribution in [0.2, 0.25) is 0 Å². The number of nitrogens with zero attached hydrogens (tertiary/aromatic N) is 4. The molecule has 0 fully saturated rings. The van der Waals surface area contributed by atoms with Gasteiger partial charge >= 0.3 is 0 Å². The third-order valence-electron chi connectivity index (χ3n) is 4.11. The molecule has 0 spiro atoms. The molecule has 0 aliphatic heterocycles. The van der Waals surface area contributed by atoms with Crippen molar-refractivity contribution in [3.8, 4) is 0 Å². The van der Waals surface area contributed by atoms with Gasteiger partial charge in [-0.25, -0.2) is 0 Å². The molecule has 0 saturated heterocycles. The van der Waals surface area contributed by atoms with Crippen molar-refractivity contribution in [2.45, 2.75) is 26.4 Å². The van der Waals surface area contributed by atoms with Crippen molar-refractivity contribution in [1.82, 2.24) is 24.7 Å². The molecule has 132 valence electrons. The minimum Gasteiger partial charge on any atom is -0.365 e. The zero-order valence-electron chi connectivity index (χ0n) is 14.8. The number of hydrogen-bond donors (Lipinski definition) is 3. The van der Waals surface area contributed by atoms with Gasteiger partial charge in [0.15, 0.2) is 0 Å². The Kier molecular flexibility index (Phi) is 4.27. The van der Waals surface area contributed by atoms with Crippen molar-refractivity contribution in [2.24, 2.45) is 0 Å². The van der Waals surface area contributed by atoms with E-state index in [0.29, 0.717) is 18.5 Å². The first-order chi connectivity index (χ1) is 12.7. The highest BCUT2D eigenvalue weighted by Gasteiger charge is 2.10. The van der Waals surface area contributed by atoms with E-state index in [2.05, 4.69) is 56.7 Å². The van der Waals surface area contributed by atoms with Crippen LogP contribution in [0, 0.1) is 0 Å². The zero-order valence-corrected chi connectivity index (χ0v) is 14.8. The van der Waals surface area contributed by atoms with E-state index in [4.69, 9.17) is 0 Å². The fourth-order valence-corrected chi connectivity index (χ4v) is 2.73. The van der Waals surface area contributed by atoms with Crippen molar-refractivity contribution in [3.05, 3.63) is 60.6 Å². The average Bonchev–Trinajstić information content (AvgIpc) is 3.30. The Bertz CT molecular complexity index is 1000. The molecule has 1 aromatic carbocycles. The number of aromatic nitrogens is 5. The van der Waals surface area contributed by atoms with Gasteiger partial charge in [0.05, 0.1) is 17.3 Å². The summed E-state index contributed by atoms with van der Waals surface area (Å²) in [6, 6.07) is 12.5. The summed E-state index contributed by atoms with van der Waals surface area (Å²) >= 11 is 0. The fourth-order valence-electron chi connectivity index (χ4n) is 2.73. The predicted octanol–water partition coefficient (Wildman–Crippen LogP) is 4.09. The van der Waals surface area contributed by atoms with Gasteiger partial charge in [0.2, 0.25) is 5.95 Å². The second kappa shape index (κ2) is 6.87. The van der Waals surface area contributed by atoms with Crippen LogP contribution in [0.3, 0.4) is 0 Å². The summed E-state index contributed by atoms with van der Waals surface area (Å²) in [5.41, 5.74) is 2.84. The highest BCUT2D eigenvalue weighted by Crippen LogP contribution is 2.23. The summed E-state index contributed by atoms with van der Waals surface area (Å²) in [5, 5.41) is 11.9. The van der Waals surface area contributed by atoms with Gasteiger partial charge < -0.3 is 15.6 Å². The number of nitrogens with one attached hydrogen (secondary N) is 3. The molecule has 7 nitrogen and oxygen atoms in total. The maximum atomic E-state index is 4.65. The summed E-state index contributed by atoms with van der Waals surface area (Å²) in [6.45, 7) is 4.87. The van der Waals surface area contributed by atoms with E-state index in [9.17, 15) is 0 Å². The van der Waals surface area contributed by atoms with Crippen LogP contribution in [-0.4, -0.2) is 24.7 Å². The van der Waals surface area contributed by atoms with Crippen LogP contribution < -0.4 is 10.6 Å². The molecule has 0 bridgehead atoms. The number of hydrogen-bond acceptors (Lipinski definition) is 5. The first-order valence-corrected chi connectivity index (χ1v) is 8.63. The maximum absolute atomic E-state index is 4.65. The summed E-state index contributed by atoms with van der Waals surface area (Å²) in [7, 11) is 0. The largest absolute Gasteiger partial charge is 0.365 e.